The quantitative estimate of drug-likeness (QED) is 0.803. The lowest BCUT2D eigenvalue weighted by molar-refractivity contribution is 0.0781. The number of carbonyl (C=O) groups excluding carboxylic acids is 1. The van der Waals surface area contributed by atoms with Gasteiger partial charge >= 0.3 is 0 Å². The van der Waals surface area contributed by atoms with E-state index in [1.165, 1.54) is 0 Å². The second kappa shape index (κ2) is 5.83. The summed E-state index contributed by atoms with van der Waals surface area (Å²) in [5.74, 6) is 1.24. The van der Waals surface area contributed by atoms with Crippen molar-refractivity contribution in [3.05, 3.63) is 28.5 Å². The summed E-state index contributed by atoms with van der Waals surface area (Å²) in [6.45, 7) is 1.63. The Hall–Kier alpha value is -0.610. The first kappa shape index (κ1) is 12.8. The Kier molecular flexibility index (Phi) is 4.40. The molecule has 0 bridgehead atoms. The predicted octanol–water partition coefficient (Wildman–Crippen LogP) is 2.94. The molecule has 1 atom stereocenters. The molecule has 1 aliphatic rings. The Balaban J connectivity index is 1.99. The number of carbonyl (C=O) groups is 1. The van der Waals surface area contributed by atoms with Crippen LogP contribution in [0.3, 0.4) is 0 Å². The average molecular weight is 318 g/mol. The highest BCUT2D eigenvalue weighted by Crippen LogP contribution is 2.21. The van der Waals surface area contributed by atoms with E-state index in [0.29, 0.717) is 17.5 Å². The largest absolute Gasteiger partial charge is 0.337 e. The molecule has 1 saturated heterocycles. The third-order valence-corrected chi connectivity index (χ3v) is 3.72. The predicted molar refractivity (Wildman–Crippen MR) is 71.3 cm³/mol. The van der Waals surface area contributed by atoms with Gasteiger partial charge in [-0.2, -0.15) is 0 Å². The molecule has 2 heterocycles. The molecule has 2 rings (SSSR count). The highest BCUT2D eigenvalue weighted by Gasteiger charge is 2.26. The molecule has 1 unspecified atom stereocenters. The molecule has 92 valence electrons. The molecular formula is C12H14BrClN2O. The number of aromatic nitrogens is 1. The van der Waals surface area contributed by atoms with Crippen molar-refractivity contribution in [2.75, 3.05) is 19.0 Å². The summed E-state index contributed by atoms with van der Waals surface area (Å²) in [5, 5.41) is 0. The standard InChI is InChI=1S/C12H14BrClN2O/c13-10-1-2-11(15-7-10)12(17)16-6-4-9(8-16)3-5-14/h1-2,7,9H,3-6,8H2. The van der Waals surface area contributed by atoms with Crippen LogP contribution < -0.4 is 0 Å². The van der Waals surface area contributed by atoms with E-state index in [1.807, 2.05) is 11.0 Å². The van der Waals surface area contributed by atoms with Crippen LogP contribution in [0.2, 0.25) is 0 Å². The molecule has 0 saturated carbocycles. The molecule has 1 aliphatic heterocycles. The van der Waals surface area contributed by atoms with E-state index in [2.05, 4.69) is 20.9 Å². The summed E-state index contributed by atoms with van der Waals surface area (Å²) in [6, 6.07) is 3.59. The summed E-state index contributed by atoms with van der Waals surface area (Å²) in [6.07, 6.45) is 3.69. The van der Waals surface area contributed by atoms with Crippen LogP contribution in [0.4, 0.5) is 0 Å². The van der Waals surface area contributed by atoms with Gasteiger partial charge in [-0.1, -0.05) is 0 Å². The number of hydrogen-bond acceptors (Lipinski definition) is 2. The maximum Gasteiger partial charge on any atom is 0.272 e. The molecular weight excluding hydrogens is 304 g/mol. The maximum absolute atomic E-state index is 12.1. The summed E-state index contributed by atoms with van der Waals surface area (Å²) in [5.41, 5.74) is 0.514. The molecule has 17 heavy (non-hydrogen) atoms. The van der Waals surface area contributed by atoms with E-state index >= 15 is 0 Å². The minimum Gasteiger partial charge on any atom is -0.337 e. The van der Waals surface area contributed by atoms with Gasteiger partial charge in [0.15, 0.2) is 0 Å². The van der Waals surface area contributed by atoms with Gasteiger partial charge in [-0.3, -0.25) is 4.79 Å². The van der Waals surface area contributed by atoms with Crippen LogP contribution in [-0.4, -0.2) is 34.8 Å². The average Bonchev–Trinajstić information content (AvgIpc) is 2.78. The fourth-order valence-electron chi connectivity index (χ4n) is 2.07. The number of likely N-dealkylation sites (tertiary alicyclic amines) is 1. The van der Waals surface area contributed by atoms with Gasteiger partial charge in [0.2, 0.25) is 0 Å². The highest BCUT2D eigenvalue weighted by molar-refractivity contribution is 9.10. The lowest BCUT2D eigenvalue weighted by atomic mass is 10.1. The zero-order valence-corrected chi connectivity index (χ0v) is 11.7. The van der Waals surface area contributed by atoms with Gasteiger partial charge in [0.25, 0.3) is 5.91 Å². The van der Waals surface area contributed by atoms with Crippen molar-refractivity contribution in [2.45, 2.75) is 12.8 Å². The number of rotatable bonds is 3. The molecule has 5 heteroatoms. The lowest BCUT2D eigenvalue weighted by Crippen LogP contribution is -2.29. The van der Waals surface area contributed by atoms with Crippen molar-refractivity contribution in [1.29, 1.82) is 0 Å². The smallest absolute Gasteiger partial charge is 0.272 e. The Morgan fingerprint density at radius 2 is 2.41 bits per heavy atom. The number of hydrogen-bond donors (Lipinski definition) is 0. The minimum absolute atomic E-state index is 0.0228. The summed E-state index contributed by atoms with van der Waals surface area (Å²) >= 11 is 9.03. The van der Waals surface area contributed by atoms with Crippen molar-refractivity contribution in [3.8, 4) is 0 Å². The molecule has 1 amide bonds. The lowest BCUT2D eigenvalue weighted by Gasteiger charge is -2.15. The first-order valence-corrected chi connectivity index (χ1v) is 7.00. The highest BCUT2D eigenvalue weighted by atomic mass is 79.9. The van der Waals surface area contributed by atoms with E-state index in [-0.39, 0.29) is 5.91 Å². The van der Waals surface area contributed by atoms with Crippen molar-refractivity contribution in [1.82, 2.24) is 9.88 Å². The van der Waals surface area contributed by atoms with Crippen LogP contribution in [0.1, 0.15) is 23.3 Å². The molecule has 0 radical (unpaired) electrons. The van der Waals surface area contributed by atoms with Gasteiger partial charge in [0, 0.05) is 29.6 Å². The molecule has 1 fully saturated rings. The number of nitrogens with zero attached hydrogens (tertiary/aromatic N) is 2. The first-order chi connectivity index (χ1) is 8.20. The fourth-order valence-corrected chi connectivity index (χ4v) is 2.61. The Labute approximate surface area is 114 Å². The summed E-state index contributed by atoms with van der Waals surface area (Å²) in [7, 11) is 0. The van der Waals surface area contributed by atoms with Crippen LogP contribution in [0.25, 0.3) is 0 Å². The van der Waals surface area contributed by atoms with Crippen LogP contribution in [-0.2, 0) is 0 Å². The van der Waals surface area contributed by atoms with Crippen LogP contribution >= 0.6 is 27.5 Å². The monoisotopic (exact) mass is 316 g/mol. The van der Waals surface area contributed by atoms with Crippen molar-refractivity contribution < 1.29 is 4.79 Å². The minimum atomic E-state index is 0.0228. The summed E-state index contributed by atoms with van der Waals surface area (Å²) in [4.78, 5) is 18.1. The van der Waals surface area contributed by atoms with E-state index in [0.717, 1.165) is 30.4 Å². The van der Waals surface area contributed by atoms with Gasteiger partial charge in [0.05, 0.1) is 0 Å². The Bertz CT molecular complexity index is 396. The van der Waals surface area contributed by atoms with Crippen LogP contribution in [0.15, 0.2) is 22.8 Å². The van der Waals surface area contributed by atoms with Crippen LogP contribution in [0, 0.1) is 5.92 Å². The van der Waals surface area contributed by atoms with Crippen molar-refractivity contribution in [2.24, 2.45) is 5.92 Å². The second-order valence-electron chi connectivity index (χ2n) is 4.25. The summed E-state index contributed by atoms with van der Waals surface area (Å²) < 4.78 is 0.885. The molecule has 0 N–H and O–H groups in total. The van der Waals surface area contributed by atoms with Gasteiger partial charge in [-0.25, -0.2) is 4.98 Å². The Morgan fingerprint density at radius 3 is 3.06 bits per heavy atom. The molecule has 0 aliphatic carbocycles. The molecule has 1 aromatic heterocycles. The third-order valence-electron chi connectivity index (χ3n) is 3.04. The van der Waals surface area contributed by atoms with Crippen molar-refractivity contribution in [3.63, 3.8) is 0 Å². The van der Waals surface area contributed by atoms with Gasteiger partial charge in [0.1, 0.15) is 5.69 Å². The third kappa shape index (κ3) is 3.19. The number of alkyl halides is 1. The second-order valence-corrected chi connectivity index (χ2v) is 5.54. The van der Waals surface area contributed by atoms with Gasteiger partial charge in [-0.15, -0.1) is 11.6 Å². The van der Waals surface area contributed by atoms with E-state index in [1.54, 1.807) is 12.3 Å². The zero-order valence-electron chi connectivity index (χ0n) is 9.40. The number of halogens is 2. The van der Waals surface area contributed by atoms with Crippen molar-refractivity contribution >= 4 is 33.4 Å². The van der Waals surface area contributed by atoms with Crippen LogP contribution in [0.5, 0.6) is 0 Å². The van der Waals surface area contributed by atoms with Gasteiger partial charge < -0.3 is 4.90 Å². The Morgan fingerprint density at radius 1 is 1.59 bits per heavy atom. The van der Waals surface area contributed by atoms with E-state index in [4.69, 9.17) is 11.6 Å². The molecule has 1 aromatic rings. The first-order valence-electron chi connectivity index (χ1n) is 5.67. The number of pyridine rings is 1. The number of amides is 1. The van der Waals surface area contributed by atoms with E-state index < -0.39 is 0 Å². The van der Waals surface area contributed by atoms with Gasteiger partial charge in [-0.05, 0) is 46.8 Å². The van der Waals surface area contributed by atoms with E-state index in [9.17, 15) is 4.79 Å². The maximum atomic E-state index is 12.1. The fraction of sp³-hybridized carbons (Fsp3) is 0.500. The topological polar surface area (TPSA) is 33.2 Å². The normalized spacial score (nSPS) is 19.6. The molecule has 3 nitrogen and oxygen atoms in total. The molecule has 0 aromatic carbocycles. The molecule has 0 spiro atoms. The SMILES string of the molecule is O=C(c1ccc(Br)cn1)N1CCC(CCCl)C1. The zero-order chi connectivity index (χ0) is 12.3.